The molecule has 1 amide bonds. The van der Waals surface area contributed by atoms with E-state index in [9.17, 15) is 14.0 Å². The molecule has 0 N–H and O–H groups in total. The highest BCUT2D eigenvalue weighted by atomic mass is 35.5. The van der Waals surface area contributed by atoms with Crippen LogP contribution in [0.1, 0.15) is 37.4 Å². The van der Waals surface area contributed by atoms with Gasteiger partial charge in [-0.2, -0.15) is 4.98 Å². The number of anilines is 1. The van der Waals surface area contributed by atoms with Crippen molar-refractivity contribution in [1.82, 2.24) is 24.4 Å². The number of rotatable bonds is 5. The van der Waals surface area contributed by atoms with Crippen molar-refractivity contribution in [3.8, 4) is 16.9 Å². The highest BCUT2D eigenvalue weighted by Crippen LogP contribution is 2.42. The molecule has 2 aliphatic rings. The van der Waals surface area contributed by atoms with Gasteiger partial charge in [0.05, 0.1) is 39.6 Å². The molecule has 2 fully saturated rings. The van der Waals surface area contributed by atoms with Crippen LogP contribution in [0, 0.1) is 12.7 Å². The molecule has 6 rings (SSSR count). The summed E-state index contributed by atoms with van der Waals surface area (Å²) in [4.78, 5) is 44.2. The topological polar surface area (TPSA) is 84.2 Å². The lowest BCUT2D eigenvalue weighted by atomic mass is 10.0. The number of pyridine rings is 2. The molecule has 4 aromatic rings. The third-order valence-electron chi connectivity index (χ3n) is 7.69. The third-order valence-corrected chi connectivity index (χ3v) is 7.98. The van der Waals surface area contributed by atoms with E-state index >= 15 is 0 Å². The maximum atomic E-state index is 14.9. The summed E-state index contributed by atoms with van der Waals surface area (Å²) in [6.07, 6.45) is 3.81. The molecule has 3 aromatic heterocycles. The Balaban J connectivity index is 1.62. The number of halogens is 2. The first-order valence-corrected chi connectivity index (χ1v) is 13.6. The van der Waals surface area contributed by atoms with Crippen LogP contribution in [0.3, 0.4) is 0 Å². The first-order chi connectivity index (χ1) is 19.2. The molecular weight excluding hydrogens is 531 g/mol. The Labute approximate surface area is 235 Å². The second kappa shape index (κ2) is 9.82. The fraction of sp³-hybridized carbons (Fsp3) is 0.300. The van der Waals surface area contributed by atoms with Crippen LogP contribution in [0.4, 0.5) is 10.2 Å². The summed E-state index contributed by atoms with van der Waals surface area (Å²) in [6.45, 7) is 10.5. The van der Waals surface area contributed by atoms with Gasteiger partial charge >= 0.3 is 5.69 Å². The lowest BCUT2D eigenvalue weighted by Gasteiger charge is -2.35. The van der Waals surface area contributed by atoms with Gasteiger partial charge in [0.15, 0.2) is 5.65 Å². The number of carbonyl (C=O) groups is 1. The van der Waals surface area contributed by atoms with Gasteiger partial charge < -0.3 is 9.80 Å². The fourth-order valence-corrected chi connectivity index (χ4v) is 5.95. The minimum Gasteiger partial charge on any atom is -0.349 e. The summed E-state index contributed by atoms with van der Waals surface area (Å²) in [7, 11) is 0. The van der Waals surface area contributed by atoms with Crippen LogP contribution in [0.25, 0.3) is 28.0 Å². The maximum Gasteiger partial charge on any atom is 0.355 e. The molecule has 10 heteroatoms. The van der Waals surface area contributed by atoms with Gasteiger partial charge in [0.25, 0.3) is 0 Å². The maximum absolute atomic E-state index is 14.9. The van der Waals surface area contributed by atoms with Crippen LogP contribution < -0.4 is 10.6 Å². The molecule has 0 bridgehead atoms. The van der Waals surface area contributed by atoms with E-state index in [1.165, 1.54) is 16.7 Å². The molecule has 1 aliphatic heterocycles. The normalized spacial score (nSPS) is 18.2. The Morgan fingerprint density at radius 1 is 1.18 bits per heavy atom. The van der Waals surface area contributed by atoms with Gasteiger partial charge in [-0.1, -0.05) is 44.2 Å². The predicted molar refractivity (Wildman–Crippen MR) is 154 cm³/mol. The smallest absolute Gasteiger partial charge is 0.349 e. The zero-order chi connectivity index (χ0) is 28.3. The number of aryl methyl sites for hydroxylation is 1. The average molecular weight is 559 g/mol. The number of hydrogen-bond donors (Lipinski definition) is 0. The molecule has 8 nitrogen and oxygen atoms in total. The van der Waals surface area contributed by atoms with E-state index < -0.39 is 11.5 Å². The van der Waals surface area contributed by atoms with Crippen LogP contribution in [-0.2, 0) is 4.79 Å². The van der Waals surface area contributed by atoms with Crippen LogP contribution >= 0.6 is 11.6 Å². The molecule has 1 saturated carbocycles. The number of nitrogens with zero attached hydrogens (tertiary/aromatic N) is 6. The van der Waals surface area contributed by atoms with Crippen molar-refractivity contribution in [3.05, 3.63) is 87.8 Å². The molecule has 40 heavy (non-hydrogen) atoms. The number of amides is 1. The van der Waals surface area contributed by atoms with E-state index in [0.717, 1.165) is 17.7 Å². The van der Waals surface area contributed by atoms with Crippen molar-refractivity contribution >= 4 is 34.4 Å². The number of piperazine rings is 1. The zero-order valence-electron chi connectivity index (χ0n) is 22.4. The van der Waals surface area contributed by atoms with Crippen molar-refractivity contribution in [2.45, 2.75) is 45.2 Å². The highest BCUT2D eigenvalue weighted by molar-refractivity contribution is 6.33. The van der Waals surface area contributed by atoms with Crippen LogP contribution in [0.15, 0.2) is 60.0 Å². The highest BCUT2D eigenvalue weighted by Gasteiger charge is 2.51. The Kier molecular flexibility index (Phi) is 6.41. The Bertz CT molecular complexity index is 1750. The predicted octanol–water partition coefficient (Wildman–Crippen LogP) is 5.04. The summed E-state index contributed by atoms with van der Waals surface area (Å²) in [5, 5.41) is 0.808. The van der Waals surface area contributed by atoms with Crippen LogP contribution in [-0.4, -0.2) is 55.5 Å². The fourth-order valence-electron chi connectivity index (χ4n) is 5.69. The largest absolute Gasteiger partial charge is 0.355 e. The standard InChI is InChI=1S/C30H28ClFN6O2/c1-5-24(39)36-12-13-37(23-15-22(23)36)28-19-14-20(31)26(18-8-6-7-9-21(18)32)34-29(19)38(30(40)35-28)27-17(4)10-11-33-25(27)16(2)3/h5-11,14,16,22-23H,1,12-13,15H2,2-4H3/t22-,23?/m0/s1. The summed E-state index contributed by atoms with van der Waals surface area (Å²) in [5.74, 6) is -0.106. The Morgan fingerprint density at radius 3 is 2.67 bits per heavy atom. The summed E-state index contributed by atoms with van der Waals surface area (Å²) in [5.41, 5.74) is 2.43. The van der Waals surface area contributed by atoms with E-state index in [4.69, 9.17) is 16.6 Å². The van der Waals surface area contributed by atoms with Gasteiger partial charge in [0, 0.05) is 24.8 Å². The molecule has 0 spiro atoms. The van der Waals surface area contributed by atoms with Crippen molar-refractivity contribution in [2.24, 2.45) is 0 Å². The van der Waals surface area contributed by atoms with Gasteiger partial charge in [0.1, 0.15) is 11.6 Å². The number of carbonyl (C=O) groups excluding carboxylic acids is 1. The molecule has 1 unspecified atom stereocenters. The molecule has 1 aliphatic carbocycles. The summed E-state index contributed by atoms with van der Waals surface area (Å²) >= 11 is 6.76. The van der Waals surface area contributed by atoms with Crippen molar-refractivity contribution in [1.29, 1.82) is 0 Å². The van der Waals surface area contributed by atoms with E-state index in [0.29, 0.717) is 35.6 Å². The second-order valence-corrected chi connectivity index (χ2v) is 10.9. The lowest BCUT2D eigenvalue weighted by molar-refractivity contribution is -0.126. The summed E-state index contributed by atoms with van der Waals surface area (Å²) in [6, 6.07) is 9.86. The molecular formula is C30H28ClFN6O2. The van der Waals surface area contributed by atoms with Crippen molar-refractivity contribution < 1.29 is 9.18 Å². The van der Waals surface area contributed by atoms with Gasteiger partial charge in [-0.3, -0.25) is 9.78 Å². The Morgan fingerprint density at radius 2 is 1.95 bits per heavy atom. The van der Waals surface area contributed by atoms with Gasteiger partial charge in [-0.25, -0.2) is 18.7 Å². The van der Waals surface area contributed by atoms with Gasteiger partial charge in [-0.15, -0.1) is 0 Å². The first-order valence-electron chi connectivity index (χ1n) is 13.2. The van der Waals surface area contributed by atoms with E-state index in [-0.39, 0.29) is 40.2 Å². The molecule has 4 heterocycles. The van der Waals surface area contributed by atoms with E-state index in [2.05, 4.69) is 21.4 Å². The van der Waals surface area contributed by atoms with E-state index in [1.54, 1.807) is 30.5 Å². The van der Waals surface area contributed by atoms with E-state index in [1.807, 2.05) is 31.7 Å². The monoisotopic (exact) mass is 558 g/mol. The van der Waals surface area contributed by atoms with Crippen LogP contribution in [0.2, 0.25) is 5.02 Å². The summed E-state index contributed by atoms with van der Waals surface area (Å²) < 4.78 is 16.4. The van der Waals surface area contributed by atoms with Crippen molar-refractivity contribution in [3.63, 3.8) is 0 Å². The second-order valence-electron chi connectivity index (χ2n) is 10.5. The molecule has 204 valence electrons. The SMILES string of the molecule is C=CC(=O)N1CCN(c2nc(=O)n(-c3c(C)ccnc3C(C)C)c3nc(-c4ccccc4F)c(Cl)cc23)C2C[C@@H]21. The van der Waals surface area contributed by atoms with Gasteiger partial charge in [0.2, 0.25) is 5.91 Å². The molecule has 1 saturated heterocycles. The number of benzene rings is 1. The minimum atomic E-state index is -0.517. The molecule has 1 aromatic carbocycles. The molecule has 2 atom stereocenters. The minimum absolute atomic E-state index is 0.0116. The third kappa shape index (κ3) is 4.16. The number of fused-ring (bicyclic) bond motifs is 2. The number of aromatic nitrogens is 4. The molecule has 0 radical (unpaired) electrons. The van der Waals surface area contributed by atoms with Crippen molar-refractivity contribution in [2.75, 3.05) is 18.0 Å². The van der Waals surface area contributed by atoms with Gasteiger partial charge in [-0.05, 0) is 55.2 Å². The first kappa shape index (κ1) is 26.1. The Hall–Kier alpha value is -4.11. The average Bonchev–Trinajstić information content (AvgIpc) is 3.74. The number of hydrogen-bond acceptors (Lipinski definition) is 6. The quantitative estimate of drug-likeness (QED) is 0.319. The van der Waals surface area contributed by atoms with Crippen LogP contribution in [0.5, 0.6) is 0 Å². The zero-order valence-corrected chi connectivity index (χ0v) is 23.2. The lowest BCUT2D eigenvalue weighted by Crippen LogP contribution is -2.49.